The summed E-state index contributed by atoms with van der Waals surface area (Å²) in [6.07, 6.45) is 0. The average molecular weight is 211 g/mol. The maximum absolute atomic E-state index is 11.5. The zero-order chi connectivity index (χ0) is 10.3. The molecule has 0 saturated carbocycles. The predicted molar refractivity (Wildman–Crippen MR) is 52.3 cm³/mol. The normalized spacial score (nSPS) is 17.6. The van der Waals surface area contributed by atoms with Crippen LogP contribution in [0.25, 0.3) is 5.57 Å². The summed E-state index contributed by atoms with van der Waals surface area (Å²) in [5.41, 5.74) is 6.58. The molecule has 0 saturated heterocycles. The summed E-state index contributed by atoms with van der Waals surface area (Å²) in [6.45, 7) is 0.178. The van der Waals surface area contributed by atoms with Gasteiger partial charge < -0.3 is 10.8 Å². The number of nitrogens with two attached hydrogens (primary N) is 1. The van der Waals surface area contributed by atoms with Crippen LogP contribution in [0.1, 0.15) is 5.56 Å². The highest BCUT2D eigenvalue weighted by Crippen LogP contribution is 2.34. The second-order valence-corrected chi connectivity index (χ2v) is 4.84. The van der Waals surface area contributed by atoms with Crippen LogP contribution >= 0.6 is 0 Å². The third kappa shape index (κ3) is 1.21. The molecular formula is C9H9NO3S. The molecule has 1 heterocycles. The van der Waals surface area contributed by atoms with Crippen LogP contribution in [0, 0.1) is 0 Å². The van der Waals surface area contributed by atoms with Crippen LogP contribution in [-0.2, 0) is 9.84 Å². The molecule has 1 aromatic rings. The first-order valence-corrected chi connectivity index (χ1v) is 5.58. The Bertz CT molecular complexity index is 517. The van der Waals surface area contributed by atoms with Crippen molar-refractivity contribution in [3.63, 3.8) is 0 Å². The zero-order valence-electron chi connectivity index (χ0n) is 7.27. The van der Waals surface area contributed by atoms with Crippen LogP contribution in [0.4, 0.5) is 0 Å². The van der Waals surface area contributed by atoms with E-state index in [0.29, 0.717) is 11.1 Å². The SMILES string of the molecule is NCC1=CS(=O)(=O)c2cc(O)ccc21. The molecule has 0 radical (unpaired) electrons. The molecule has 0 aromatic heterocycles. The van der Waals surface area contributed by atoms with Crippen LogP contribution < -0.4 is 5.73 Å². The Morgan fingerprint density at radius 2 is 2.07 bits per heavy atom. The average Bonchev–Trinajstić information content (AvgIpc) is 2.38. The lowest BCUT2D eigenvalue weighted by molar-refractivity contribution is 0.473. The standard InChI is InChI=1S/C9H9NO3S/c10-4-6-5-14(12,13)9-3-7(11)1-2-8(6)9/h1-3,5,11H,4,10H2. The highest BCUT2D eigenvalue weighted by atomic mass is 32.2. The van der Waals surface area contributed by atoms with Gasteiger partial charge in [-0.25, -0.2) is 8.42 Å². The minimum Gasteiger partial charge on any atom is -0.508 e. The lowest BCUT2D eigenvalue weighted by Gasteiger charge is -2.01. The van der Waals surface area contributed by atoms with Crippen LogP contribution in [0.5, 0.6) is 5.75 Å². The van der Waals surface area contributed by atoms with Gasteiger partial charge in [0.25, 0.3) is 0 Å². The Morgan fingerprint density at radius 3 is 2.71 bits per heavy atom. The van der Waals surface area contributed by atoms with Crippen molar-refractivity contribution < 1.29 is 13.5 Å². The highest BCUT2D eigenvalue weighted by Gasteiger charge is 2.26. The van der Waals surface area contributed by atoms with Crippen molar-refractivity contribution >= 4 is 15.4 Å². The number of phenolic OH excluding ortho intramolecular Hbond substituents is 1. The first-order valence-electron chi connectivity index (χ1n) is 4.04. The maximum atomic E-state index is 11.5. The number of benzene rings is 1. The smallest absolute Gasteiger partial charge is 0.200 e. The van der Waals surface area contributed by atoms with Gasteiger partial charge in [-0.1, -0.05) is 0 Å². The van der Waals surface area contributed by atoms with Crippen molar-refractivity contribution in [1.29, 1.82) is 0 Å². The Labute approximate surface area is 81.6 Å². The summed E-state index contributed by atoms with van der Waals surface area (Å²) < 4.78 is 23.1. The molecule has 4 nitrogen and oxygen atoms in total. The number of phenols is 1. The first-order chi connectivity index (χ1) is 6.54. The van der Waals surface area contributed by atoms with E-state index in [-0.39, 0.29) is 17.2 Å². The summed E-state index contributed by atoms with van der Waals surface area (Å²) in [6, 6.07) is 4.25. The van der Waals surface area contributed by atoms with Gasteiger partial charge in [-0.2, -0.15) is 0 Å². The van der Waals surface area contributed by atoms with Crippen LogP contribution in [0.15, 0.2) is 28.5 Å². The number of rotatable bonds is 1. The van der Waals surface area contributed by atoms with E-state index in [9.17, 15) is 8.42 Å². The predicted octanol–water partition coefficient (Wildman–Crippen LogP) is 0.479. The van der Waals surface area contributed by atoms with Gasteiger partial charge in [-0.3, -0.25) is 0 Å². The fraction of sp³-hybridized carbons (Fsp3) is 0.111. The lowest BCUT2D eigenvalue weighted by atomic mass is 10.1. The molecule has 0 aliphatic carbocycles. The Hall–Kier alpha value is -1.33. The summed E-state index contributed by atoms with van der Waals surface area (Å²) in [7, 11) is -3.39. The van der Waals surface area contributed by atoms with E-state index < -0.39 is 9.84 Å². The van der Waals surface area contributed by atoms with Gasteiger partial charge in [-0.15, -0.1) is 0 Å². The van der Waals surface area contributed by atoms with Crippen LogP contribution in [0.3, 0.4) is 0 Å². The van der Waals surface area contributed by atoms with E-state index in [2.05, 4.69) is 0 Å². The Balaban J connectivity index is 2.75. The molecule has 5 heteroatoms. The van der Waals surface area contributed by atoms with Gasteiger partial charge in [0, 0.05) is 12.0 Å². The lowest BCUT2D eigenvalue weighted by Crippen LogP contribution is -2.00. The molecule has 2 rings (SSSR count). The fourth-order valence-corrected chi connectivity index (χ4v) is 3.00. The Morgan fingerprint density at radius 1 is 1.36 bits per heavy atom. The molecule has 0 fully saturated rings. The van der Waals surface area contributed by atoms with Gasteiger partial charge in [-0.05, 0) is 29.3 Å². The third-order valence-corrected chi connectivity index (χ3v) is 3.68. The molecule has 0 unspecified atom stereocenters. The molecule has 0 atom stereocenters. The summed E-state index contributed by atoms with van der Waals surface area (Å²) in [5, 5.41) is 10.3. The minimum atomic E-state index is -3.39. The Kier molecular flexibility index (Phi) is 1.87. The van der Waals surface area contributed by atoms with Gasteiger partial charge >= 0.3 is 0 Å². The van der Waals surface area contributed by atoms with Gasteiger partial charge in [0.2, 0.25) is 9.84 Å². The zero-order valence-corrected chi connectivity index (χ0v) is 8.08. The van der Waals surface area contributed by atoms with E-state index in [1.165, 1.54) is 12.1 Å². The topological polar surface area (TPSA) is 80.4 Å². The molecule has 1 aromatic carbocycles. The van der Waals surface area contributed by atoms with Crippen molar-refractivity contribution in [3.8, 4) is 5.75 Å². The highest BCUT2D eigenvalue weighted by molar-refractivity contribution is 7.95. The molecule has 0 bridgehead atoms. The molecule has 74 valence electrons. The van der Waals surface area contributed by atoms with Crippen molar-refractivity contribution in [1.82, 2.24) is 0 Å². The quantitative estimate of drug-likeness (QED) is 0.708. The van der Waals surface area contributed by atoms with E-state index in [4.69, 9.17) is 10.8 Å². The third-order valence-electron chi connectivity index (χ3n) is 2.13. The first kappa shape index (κ1) is 9.23. The van der Waals surface area contributed by atoms with Crippen molar-refractivity contribution in [2.24, 2.45) is 5.73 Å². The van der Waals surface area contributed by atoms with Gasteiger partial charge in [0.05, 0.1) is 4.90 Å². The second-order valence-electron chi connectivity index (χ2n) is 3.07. The summed E-state index contributed by atoms with van der Waals surface area (Å²) in [4.78, 5) is 0.137. The van der Waals surface area contributed by atoms with Gasteiger partial charge in [0.1, 0.15) is 5.75 Å². The van der Waals surface area contributed by atoms with E-state index >= 15 is 0 Å². The van der Waals surface area contributed by atoms with Crippen LogP contribution in [0.2, 0.25) is 0 Å². The number of fused-ring (bicyclic) bond motifs is 1. The van der Waals surface area contributed by atoms with E-state index in [1.807, 2.05) is 0 Å². The molecule has 1 aliphatic rings. The van der Waals surface area contributed by atoms with Gasteiger partial charge in [0.15, 0.2) is 0 Å². The summed E-state index contributed by atoms with van der Waals surface area (Å²) >= 11 is 0. The second kappa shape index (κ2) is 2.83. The minimum absolute atomic E-state index is 0.0565. The fourth-order valence-electron chi connectivity index (χ4n) is 1.48. The number of hydrogen-bond donors (Lipinski definition) is 2. The van der Waals surface area contributed by atoms with Crippen molar-refractivity contribution in [2.75, 3.05) is 6.54 Å². The molecule has 1 aliphatic heterocycles. The molecule has 0 spiro atoms. The van der Waals surface area contributed by atoms with E-state index in [1.54, 1.807) is 6.07 Å². The molecule has 3 N–H and O–H groups in total. The van der Waals surface area contributed by atoms with E-state index in [0.717, 1.165) is 5.41 Å². The summed E-state index contributed by atoms with van der Waals surface area (Å²) in [5.74, 6) is -0.0565. The molecule has 14 heavy (non-hydrogen) atoms. The van der Waals surface area contributed by atoms with Crippen molar-refractivity contribution in [3.05, 3.63) is 29.2 Å². The number of sulfone groups is 1. The maximum Gasteiger partial charge on any atom is 0.200 e. The van der Waals surface area contributed by atoms with Crippen LogP contribution in [-0.4, -0.2) is 20.1 Å². The number of hydrogen-bond acceptors (Lipinski definition) is 4. The largest absolute Gasteiger partial charge is 0.508 e. The molecule has 0 amide bonds. The monoisotopic (exact) mass is 211 g/mol. The molecular weight excluding hydrogens is 202 g/mol. The number of aromatic hydroxyl groups is 1. The van der Waals surface area contributed by atoms with Crippen molar-refractivity contribution in [2.45, 2.75) is 4.90 Å².